The van der Waals surface area contributed by atoms with Crippen molar-refractivity contribution in [2.45, 2.75) is 31.1 Å². The first-order chi connectivity index (χ1) is 14.6. The topological polar surface area (TPSA) is 118 Å². The molecule has 1 unspecified atom stereocenters. The smallest absolute Gasteiger partial charge is 0.254 e. The lowest BCUT2D eigenvalue weighted by Crippen LogP contribution is -2.46. The lowest BCUT2D eigenvalue weighted by molar-refractivity contribution is 0.1000. The minimum atomic E-state index is -0.486. The van der Waals surface area contributed by atoms with Crippen LogP contribution in [0.15, 0.2) is 47.7 Å². The van der Waals surface area contributed by atoms with Crippen molar-refractivity contribution in [2.75, 3.05) is 18.0 Å². The first-order valence-electron chi connectivity index (χ1n) is 10.1. The van der Waals surface area contributed by atoms with Crippen molar-refractivity contribution in [1.82, 2.24) is 19.9 Å². The fourth-order valence-corrected chi connectivity index (χ4v) is 4.73. The molecule has 1 spiro atoms. The number of carbonyl (C=O) groups excluding carboxylic acids is 1. The summed E-state index contributed by atoms with van der Waals surface area (Å²) in [5.74, 6) is 0.888. The molecule has 0 aromatic carbocycles. The van der Waals surface area contributed by atoms with E-state index < -0.39 is 5.91 Å². The molecular formula is C22H22N6O2. The van der Waals surface area contributed by atoms with Gasteiger partial charge in [0.25, 0.3) is 5.56 Å². The number of pyridine rings is 2. The van der Waals surface area contributed by atoms with Gasteiger partial charge in [-0.25, -0.2) is 9.97 Å². The molecule has 5 rings (SSSR count). The number of amides is 1. The predicted octanol–water partition coefficient (Wildman–Crippen LogP) is 1.81. The molecule has 1 amide bonds. The third kappa shape index (κ3) is 3.04. The van der Waals surface area contributed by atoms with Crippen LogP contribution in [0.1, 0.15) is 40.9 Å². The number of aromatic amines is 1. The summed E-state index contributed by atoms with van der Waals surface area (Å²) in [6.07, 6.45) is 8.52. The van der Waals surface area contributed by atoms with Crippen molar-refractivity contribution in [3.05, 3.63) is 70.0 Å². The van der Waals surface area contributed by atoms with Gasteiger partial charge in [-0.2, -0.15) is 0 Å². The molecule has 3 aromatic rings. The zero-order valence-corrected chi connectivity index (χ0v) is 16.5. The Morgan fingerprint density at radius 1 is 1.20 bits per heavy atom. The van der Waals surface area contributed by atoms with Gasteiger partial charge < -0.3 is 15.6 Å². The standard InChI is InChI=1S/C22H22N6O2/c23-19(29)14-4-5-17(25-12-14)28-10-2-7-22(13-28)8-6-16-18(22)26-20(27-21(16)30)15-3-1-9-24-11-15/h1,3-5,9,11-12H,2,6-8,10,13H2,(H2,23,29)(H,26,27,30). The maximum absolute atomic E-state index is 12.8. The van der Waals surface area contributed by atoms with E-state index >= 15 is 0 Å². The van der Waals surface area contributed by atoms with Crippen molar-refractivity contribution >= 4 is 11.7 Å². The highest BCUT2D eigenvalue weighted by Crippen LogP contribution is 2.44. The van der Waals surface area contributed by atoms with E-state index in [4.69, 9.17) is 10.7 Å². The van der Waals surface area contributed by atoms with Crippen LogP contribution in [-0.4, -0.2) is 38.9 Å². The van der Waals surface area contributed by atoms with Crippen molar-refractivity contribution < 1.29 is 4.79 Å². The second-order valence-corrected chi connectivity index (χ2v) is 8.06. The highest BCUT2D eigenvalue weighted by molar-refractivity contribution is 5.92. The van der Waals surface area contributed by atoms with Crippen LogP contribution in [0.2, 0.25) is 0 Å². The average Bonchev–Trinajstić information content (AvgIpc) is 3.12. The number of hydrogen-bond donors (Lipinski definition) is 2. The predicted molar refractivity (Wildman–Crippen MR) is 112 cm³/mol. The molecule has 8 heteroatoms. The summed E-state index contributed by atoms with van der Waals surface area (Å²) in [7, 11) is 0. The van der Waals surface area contributed by atoms with Crippen LogP contribution in [0.5, 0.6) is 0 Å². The maximum atomic E-state index is 12.8. The van der Waals surface area contributed by atoms with Crippen molar-refractivity contribution in [3.63, 3.8) is 0 Å². The van der Waals surface area contributed by atoms with E-state index in [2.05, 4.69) is 19.9 Å². The lowest BCUT2D eigenvalue weighted by atomic mass is 9.77. The molecule has 152 valence electrons. The highest BCUT2D eigenvalue weighted by atomic mass is 16.1. The molecule has 0 saturated carbocycles. The van der Waals surface area contributed by atoms with Crippen LogP contribution < -0.4 is 16.2 Å². The molecule has 1 aliphatic carbocycles. The second-order valence-electron chi connectivity index (χ2n) is 8.06. The molecule has 3 aromatic heterocycles. The Hall–Kier alpha value is -3.55. The number of carbonyl (C=O) groups is 1. The van der Waals surface area contributed by atoms with Crippen LogP contribution in [0.3, 0.4) is 0 Å². The summed E-state index contributed by atoms with van der Waals surface area (Å²) in [5, 5.41) is 0. The average molecular weight is 402 g/mol. The van der Waals surface area contributed by atoms with Crippen molar-refractivity contribution in [2.24, 2.45) is 5.73 Å². The number of nitrogens with one attached hydrogen (secondary N) is 1. The van der Waals surface area contributed by atoms with Gasteiger partial charge in [-0.15, -0.1) is 0 Å². The quantitative estimate of drug-likeness (QED) is 0.690. The SMILES string of the molecule is NC(=O)c1ccc(N2CCCC3(CCc4c3nc(-c3cccnc3)[nH]c4=O)C2)nc1. The number of piperidine rings is 1. The van der Waals surface area contributed by atoms with E-state index in [0.29, 0.717) is 11.4 Å². The van der Waals surface area contributed by atoms with Crippen LogP contribution in [0, 0.1) is 0 Å². The largest absolute Gasteiger partial charge is 0.366 e. The minimum absolute atomic E-state index is 0.0585. The summed E-state index contributed by atoms with van der Waals surface area (Å²) in [6.45, 7) is 1.62. The third-order valence-electron chi connectivity index (χ3n) is 6.24. The molecule has 0 radical (unpaired) electrons. The van der Waals surface area contributed by atoms with Crippen LogP contribution in [-0.2, 0) is 11.8 Å². The Kier molecular flexibility index (Phi) is 4.34. The Balaban J connectivity index is 1.51. The van der Waals surface area contributed by atoms with Crippen LogP contribution in [0.25, 0.3) is 11.4 Å². The molecule has 30 heavy (non-hydrogen) atoms. The number of primary amides is 1. The first kappa shape index (κ1) is 18.5. The van der Waals surface area contributed by atoms with Crippen molar-refractivity contribution in [1.29, 1.82) is 0 Å². The number of aromatic nitrogens is 4. The summed E-state index contributed by atoms with van der Waals surface area (Å²) >= 11 is 0. The van der Waals surface area contributed by atoms with Gasteiger partial charge in [-0.3, -0.25) is 14.6 Å². The molecular weight excluding hydrogens is 380 g/mol. The van der Waals surface area contributed by atoms with E-state index in [1.807, 2.05) is 18.2 Å². The molecule has 0 bridgehead atoms. The van der Waals surface area contributed by atoms with E-state index in [9.17, 15) is 9.59 Å². The van der Waals surface area contributed by atoms with Crippen LogP contribution in [0.4, 0.5) is 5.82 Å². The summed E-state index contributed by atoms with van der Waals surface area (Å²) < 4.78 is 0. The summed E-state index contributed by atoms with van der Waals surface area (Å²) in [4.78, 5) is 42.8. The van der Waals surface area contributed by atoms with E-state index in [0.717, 1.165) is 61.4 Å². The molecule has 1 saturated heterocycles. The van der Waals surface area contributed by atoms with Gasteiger partial charge in [-0.05, 0) is 49.9 Å². The Morgan fingerprint density at radius 3 is 2.83 bits per heavy atom. The van der Waals surface area contributed by atoms with Gasteiger partial charge in [0.15, 0.2) is 0 Å². The van der Waals surface area contributed by atoms with Gasteiger partial charge in [0.05, 0.1) is 11.3 Å². The Labute approximate surface area is 173 Å². The summed E-state index contributed by atoms with van der Waals surface area (Å²) in [6, 6.07) is 7.28. The third-order valence-corrected chi connectivity index (χ3v) is 6.24. The van der Waals surface area contributed by atoms with Crippen molar-refractivity contribution in [3.8, 4) is 11.4 Å². The monoisotopic (exact) mass is 402 g/mol. The summed E-state index contributed by atoms with van der Waals surface area (Å²) in [5.41, 5.74) is 7.99. The fourth-order valence-electron chi connectivity index (χ4n) is 4.73. The van der Waals surface area contributed by atoms with Gasteiger partial charge in [-0.1, -0.05) is 0 Å². The maximum Gasteiger partial charge on any atom is 0.254 e. The molecule has 1 aliphatic heterocycles. The molecule has 1 atom stereocenters. The van der Waals surface area contributed by atoms with Gasteiger partial charge in [0.2, 0.25) is 5.91 Å². The Morgan fingerprint density at radius 2 is 2.10 bits per heavy atom. The van der Waals surface area contributed by atoms with E-state index in [-0.39, 0.29) is 11.0 Å². The number of hydrogen-bond acceptors (Lipinski definition) is 6. The van der Waals surface area contributed by atoms with Gasteiger partial charge in [0, 0.05) is 48.2 Å². The van der Waals surface area contributed by atoms with E-state index in [1.54, 1.807) is 18.5 Å². The van der Waals surface area contributed by atoms with E-state index in [1.165, 1.54) is 6.20 Å². The second kappa shape index (κ2) is 7.05. The zero-order chi connectivity index (χ0) is 20.7. The normalized spacial score (nSPS) is 20.3. The number of rotatable bonds is 3. The van der Waals surface area contributed by atoms with Crippen LogP contribution >= 0.6 is 0 Å². The fraction of sp³-hybridized carbons (Fsp3) is 0.318. The number of nitrogens with zero attached hydrogens (tertiary/aromatic N) is 4. The zero-order valence-electron chi connectivity index (χ0n) is 16.5. The molecule has 4 heterocycles. The highest BCUT2D eigenvalue weighted by Gasteiger charge is 2.45. The number of H-pyrrole nitrogens is 1. The number of anilines is 1. The van der Waals surface area contributed by atoms with Gasteiger partial charge in [0.1, 0.15) is 11.6 Å². The molecule has 2 aliphatic rings. The number of fused-ring (bicyclic) bond motifs is 2. The number of nitrogens with two attached hydrogens (primary N) is 1. The molecule has 3 N–H and O–H groups in total. The Bertz CT molecular complexity index is 1160. The van der Waals surface area contributed by atoms with Gasteiger partial charge >= 0.3 is 0 Å². The molecule has 8 nitrogen and oxygen atoms in total. The first-order valence-corrected chi connectivity index (χ1v) is 10.1. The lowest BCUT2D eigenvalue weighted by Gasteiger charge is -2.41. The minimum Gasteiger partial charge on any atom is -0.366 e. The molecule has 1 fully saturated rings.